The number of piperidine rings is 1. The van der Waals surface area contributed by atoms with E-state index in [-0.39, 0.29) is 6.09 Å². The number of carbonyl (C=O) groups is 1. The van der Waals surface area contributed by atoms with E-state index >= 15 is 0 Å². The molecule has 1 unspecified atom stereocenters. The molecule has 1 aliphatic rings. The van der Waals surface area contributed by atoms with Gasteiger partial charge in [0.05, 0.1) is 6.61 Å². The third kappa shape index (κ3) is 6.67. The summed E-state index contributed by atoms with van der Waals surface area (Å²) < 4.78 is 24.0. The van der Waals surface area contributed by atoms with Crippen LogP contribution in [0.5, 0.6) is 5.75 Å². The number of hydrogen-bond donors (Lipinski definition) is 0. The van der Waals surface area contributed by atoms with Crippen LogP contribution in [0.3, 0.4) is 0 Å². The molecule has 0 N–H and O–H groups in total. The molecule has 0 radical (unpaired) electrons. The van der Waals surface area contributed by atoms with Gasteiger partial charge in [0.1, 0.15) is 11.9 Å². The lowest BCUT2D eigenvalue weighted by Gasteiger charge is -2.33. The Morgan fingerprint density at radius 2 is 2.00 bits per heavy atom. The molecule has 1 aromatic carbocycles. The normalized spacial score (nSPS) is 17.1. The van der Waals surface area contributed by atoms with Crippen LogP contribution < -0.4 is 4.74 Å². The highest BCUT2D eigenvalue weighted by Crippen LogP contribution is 2.28. The predicted octanol–water partition coefficient (Wildman–Crippen LogP) is 4.60. The molecule has 1 aromatic rings. The van der Waals surface area contributed by atoms with Gasteiger partial charge in [-0.2, -0.15) is 0 Å². The van der Waals surface area contributed by atoms with E-state index in [1.807, 2.05) is 39.0 Å². The number of nitrogens with zero attached hydrogens (tertiary/aromatic N) is 1. The molecule has 0 bridgehead atoms. The average molecular weight is 446 g/mol. The number of likely N-dealkylation sites (tertiary alicyclic amines) is 1. The fraction of sp³-hybridized carbons (Fsp3) is 0.632. The van der Waals surface area contributed by atoms with Crippen LogP contribution >= 0.6 is 15.9 Å². The second-order valence-corrected chi connectivity index (χ2v) is 9.86. The highest BCUT2D eigenvalue weighted by Gasteiger charge is 2.26. The van der Waals surface area contributed by atoms with Gasteiger partial charge < -0.3 is 18.9 Å². The quantitative estimate of drug-likeness (QED) is 0.621. The summed E-state index contributed by atoms with van der Waals surface area (Å²) in [6, 6.07) is 5.59. The zero-order valence-corrected chi connectivity index (χ0v) is 18.3. The van der Waals surface area contributed by atoms with Crippen molar-refractivity contribution >= 4 is 33.2 Å². The minimum atomic E-state index is -1.09. The molecule has 7 heteroatoms. The Morgan fingerprint density at radius 3 is 2.58 bits per heavy atom. The van der Waals surface area contributed by atoms with Crippen LogP contribution in [0.1, 0.15) is 40.0 Å². The van der Waals surface area contributed by atoms with E-state index in [0.717, 1.165) is 36.8 Å². The minimum absolute atomic E-state index is 0.225. The van der Waals surface area contributed by atoms with Gasteiger partial charge in [-0.1, -0.05) is 15.9 Å². The molecule has 1 amide bonds. The van der Waals surface area contributed by atoms with Crippen LogP contribution in [0.25, 0.3) is 0 Å². The molecule has 1 heterocycles. The number of halogens is 1. The summed E-state index contributed by atoms with van der Waals surface area (Å²) in [5, 5.41) is 0. The first-order valence-corrected chi connectivity index (χ1v) is 11.2. The third-order valence-corrected chi connectivity index (χ3v) is 5.70. The van der Waals surface area contributed by atoms with Crippen molar-refractivity contribution in [1.82, 2.24) is 4.90 Å². The van der Waals surface area contributed by atoms with E-state index in [9.17, 15) is 9.35 Å². The SMILES string of the molecule is C[S+]([O-])c1cc(Br)ccc1OCCC1CCN(C(=O)OC(C)(C)C)CC1. The first kappa shape index (κ1) is 21.4. The maximum absolute atomic E-state index is 12.1. The molecule has 1 aliphatic heterocycles. The zero-order valence-electron chi connectivity index (χ0n) is 15.9. The van der Waals surface area contributed by atoms with Crippen LogP contribution in [-0.2, 0) is 15.9 Å². The van der Waals surface area contributed by atoms with Crippen molar-refractivity contribution in [3.05, 3.63) is 22.7 Å². The highest BCUT2D eigenvalue weighted by molar-refractivity contribution is 9.10. The van der Waals surface area contributed by atoms with Gasteiger partial charge in [0.2, 0.25) is 0 Å². The monoisotopic (exact) mass is 445 g/mol. The van der Waals surface area contributed by atoms with Crippen LogP contribution in [0.2, 0.25) is 0 Å². The Kier molecular flexibility index (Phi) is 7.67. The van der Waals surface area contributed by atoms with E-state index in [2.05, 4.69) is 15.9 Å². The second-order valence-electron chi connectivity index (χ2n) is 7.59. The predicted molar refractivity (Wildman–Crippen MR) is 107 cm³/mol. The minimum Gasteiger partial charge on any atom is -0.612 e. The lowest BCUT2D eigenvalue weighted by Crippen LogP contribution is -2.41. The largest absolute Gasteiger partial charge is 0.612 e. The molecule has 0 aliphatic carbocycles. The summed E-state index contributed by atoms with van der Waals surface area (Å²) >= 11 is 2.31. The lowest BCUT2D eigenvalue weighted by atomic mass is 9.94. The van der Waals surface area contributed by atoms with Gasteiger partial charge in [-0.15, -0.1) is 0 Å². The van der Waals surface area contributed by atoms with E-state index in [1.165, 1.54) is 0 Å². The molecule has 26 heavy (non-hydrogen) atoms. The average Bonchev–Trinajstić information content (AvgIpc) is 2.55. The Hall–Kier alpha value is -0.920. The van der Waals surface area contributed by atoms with Crippen molar-refractivity contribution in [3.63, 3.8) is 0 Å². The number of ether oxygens (including phenoxy) is 2. The molecule has 2 rings (SSSR count). The molecule has 0 spiro atoms. The van der Waals surface area contributed by atoms with Gasteiger partial charge in [0.25, 0.3) is 0 Å². The molecule has 0 aromatic heterocycles. The van der Waals surface area contributed by atoms with Crippen LogP contribution in [0.4, 0.5) is 4.79 Å². The summed E-state index contributed by atoms with van der Waals surface area (Å²) in [4.78, 5) is 14.6. The third-order valence-electron chi connectivity index (χ3n) is 4.27. The summed E-state index contributed by atoms with van der Waals surface area (Å²) in [6.45, 7) is 7.69. The first-order chi connectivity index (χ1) is 12.2. The van der Waals surface area contributed by atoms with E-state index < -0.39 is 16.8 Å². The van der Waals surface area contributed by atoms with Gasteiger partial charge >= 0.3 is 6.09 Å². The maximum atomic E-state index is 12.1. The fourth-order valence-corrected chi connectivity index (χ4v) is 4.11. The molecule has 1 fully saturated rings. The molecule has 1 saturated heterocycles. The van der Waals surface area contributed by atoms with Crippen molar-refractivity contribution in [1.29, 1.82) is 0 Å². The van der Waals surface area contributed by atoms with Crippen LogP contribution in [-0.4, -0.2) is 47.1 Å². The lowest BCUT2D eigenvalue weighted by molar-refractivity contribution is 0.0177. The van der Waals surface area contributed by atoms with Crippen molar-refractivity contribution in [3.8, 4) is 5.75 Å². The second kappa shape index (κ2) is 9.33. The van der Waals surface area contributed by atoms with Crippen molar-refractivity contribution in [2.24, 2.45) is 5.92 Å². The maximum Gasteiger partial charge on any atom is 0.410 e. The van der Waals surface area contributed by atoms with Crippen molar-refractivity contribution in [2.75, 3.05) is 26.0 Å². The van der Waals surface area contributed by atoms with Gasteiger partial charge in [-0.05, 0) is 69.3 Å². The number of amides is 1. The number of benzene rings is 1. The summed E-state index contributed by atoms with van der Waals surface area (Å²) in [5.41, 5.74) is -0.455. The van der Waals surface area contributed by atoms with E-state index in [0.29, 0.717) is 23.2 Å². The summed E-state index contributed by atoms with van der Waals surface area (Å²) in [7, 11) is 0. The van der Waals surface area contributed by atoms with Gasteiger partial charge in [-0.25, -0.2) is 4.79 Å². The Bertz CT molecular complexity index is 610. The molecular weight excluding hydrogens is 418 g/mol. The first-order valence-electron chi connectivity index (χ1n) is 8.89. The Labute approximate surface area is 167 Å². The van der Waals surface area contributed by atoms with Crippen molar-refractivity contribution in [2.45, 2.75) is 50.5 Å². The van der Waals surface area contributed by atoms with Gasteiger partial charge in [0, 0.05) is 23.6 Å². The molecule has 0 saturated carbocycles. The Balaban J connectivity index is 1.77. The van der Waals surface area contributed by atoms with Gasteiger partial charge in [0.15, 0.2) is 10.6 Å². The number of hydrogen-bond acceptors (Lipinski definition) is 4. The topological polar surface area (TPSA) is 61.8 Å². The van der Waals surface area contributed by atoms with Crippen molar-refractivity contribution < 1.29 is 18.8 Å². The summed E-state index contributed by atoms with van der Waals surface area (Å²) in [5.74, 6) is 1.21. The zero-order chi connectivity index (χ0) is 19.3. The van der Waals surface area contributed by atoms with Gasteiger partial charge in [-0.3, -0.25) is 0 Å². The van der Waals surface area contributed by atoms with E-state index in [1.54, 1.807) is 11.2 Å². The van der Waals surface area contributed by atoms with Crippen LogP contribution in [0, 0.1) is 5.92 Å². The van der Waals surface area contributed by atoms with E-state index in [4.69, 9.17) is 9.47 Å². The number of carbonyl (C=O) groups excluding carboxylic acids is 1. The fourth-order valence-electron chi connectivity index (χ4n) is 2.89. The highest BCUT2D eigenvalue weighted by atomic mass is 79.9. The Morgan fingerprint density at radius 1 is 1.35 bits per heavy atom. The summed E-state index contributed by atoms with van der Waals surface area (Å²) in [6.07, 6.45) is 4.26. The standard InChI is InChI=1S/C19H28BrNO4S/c1-19(2,3)25-18(22)21-10-7-14(8-11-21)9-12-24-16-6-5-15(20)13-17(16)26(4)23/h5-6,13-14H,7-12H2,1-4H3. The molecule has 146 valence electrons. The molecule has 5 nitrogen and oxygen atoms in total. The molecule has 1 atom stereocenters. The smallest absolute Gasteiger partial charge is 0.410 e. The molecular formula is C19H28BrNO4S. The number of rotatable bonds is 5. The van der Waals surface area contributed by atoms with Crippen LogP contribution in [0.15, 0.2) is 27.6 Å².